The molecular formula is C15H10N3O2S. The van der Waals surface area contributed by atoms with Gasteiger partial charge in [-0.05, 0) is 30.3 Å². The van der Waals surface area contributed by atoms with Gasteiger partial charge in [0, 0.05) is 5.56 Å². The van der Waals surface area contributed by atoms with Gasteiger partial charge in [-0.3, -0.25) is 14.9 Å². The third-order valence-corrected chi connectivity index (χ3v) is 3.79. The first-order valence-electron chi connectivity index (χ1n) is 6.12. The number of hydrogen-bond acceptors (Lipinski definition) is 4. The molecule has 2 amide bonds. The average Bonchev–Trinajstić information content (AvgIpc) is 2.89. The highest BCUT2D eigenvalue weighted by Gasteiger charge is 2.13. The van der Waals surface area contributed by atoms with Crippen LogP contribution in [-0.4, -0.2) is 16.8 Å². The van der Waals surface area contributed by atoms with Gasteiger partial charge < -0.3 is 5.73 Å². The molecule has 0 aliphatic heterocycles. The lowest BCUT2D eigenvalue weighted by Crippen LogP contribution is -2.12. The Kier molecular flexibility index (Phi) is 3.37. The van der Waals surface area contributed by atoms with Crippen molar-refractivity contribution in [2.75, 3.05) is 5.32 Å². The first-order chi connectivity index (χ1) is 10.1. The Bertz CT molecular complexity index is 827. The van der Waals surface area contributed by atoms with Crippen LogP contribution in [0.25, 0.3) is 10.2 Å². The van der Waals surface area contributed by atoms with E-state index in [-0.39, 0.29) is 5.91 Å². The number of primary amides is 1. The Balaban J connectivity index is 1.94. The number of benzene rings is 2. The second-order valence-electron chi connectivity index (χ2n) is 4.29. The fourth-order valence-electron chi connectivity index (χ4n) is 1.89. The van der Waals surface area contributed by atoms with Gasteiger partial charge in [-0.15, -0.1) is 0 Å². The number of thiazole rings is 1. The molecule has 0 spiro atoms. The van der Waals surface area contributed by atoms with E-state index in [1.807, 2.05) is 6.07 Å². The van der Waals surface area contributed by atoms with Crippen LogP contribution in [0.3, 0.4) is 0 Å². The fourth-order valence-corrected chi connectivity index (χ4v) is 2.76. The molecule has 0 aliphatic rings. The Hall–Kier alpha value is -2.73. The number of fused-ring (bicyclic) bond motifs is 1. The van der Waals surface area contributed by atoms with E-state index >= 15 is 0 Å². The second-order valence-corrected chi connectivity index (χ2v) is 5.32. The van der Waals surface area contributed by atoms with Crippen molar-refractivity contribution in [3.63, 3.8) is 0 Å². The van der Waals surface area contributed by atoms with Crippen molar-refractivity contribution in [2.24, 2.45) is 5.73 Å². The van der Waals surface area contributed by atoms with Crippen LogP contribution < -0.4 is 11.1 Å². The highest BCUT2D eigenvalue weighted by atomic mass is 32.1. The summed E-state index contributed by atoms with van der Waals surface area (Å²) < 4.78 is 0.745. The molecule has 0 unspecified atom stereocenters. The molecular weight excluding hydrogens is 286 g/mol. The van der Waals surface area contributed by atoms with Crippen LogP contribution in [0, 0.1) is 6.07 Å². The van der Waals surface area contributed by atoms with Gasteiger partial charge in [0.2, 0.25) is 0 Å². The van der Waals surface area contributed by atoms with Crippen molar-refractivity contribution in [3.05, 3.63) is 59.7 Å². The molecule has 1 aromatic heterocycles. The van der Waals surface area contributed by atoms with E-state index in [0.717, 1.165) is 4.70 Å². The largest absolute Gasteiger partial charge is 0.366 e. The van der Waals surface area contributed by atoms with E-state index in [1.165, 1.54) is 17.4 Å². The zero-order valence-corrected chi connectivity index (χ0v) is 11.6. The van der Waals surface area contributed by atoms with Crippen molar-refractivity contribution < 1.29 is 9.59 Å². The lowest BCUT2D eigenvalue weighted by Gasteiger charge is -2.00. The Morgan fingerprint density at radius 2 is 1.95 bits per heavy atom. The molecule has 0 aliphatic carbocycles. The predicted octanol–water partition coefficient (Wildman–Crippen LogP) is 2.45. The van der Waals surface area contributed by atoms with Crippen molar-refractivity contribution in [1.29, 1.82) is 0 Å². The van der Waals surface area contributed by atoms with Crippen LogP contribution in [0.2, 0.25) is 0 Å². The third kappa shape index (κ3) is 2.61. The summed E-state index contributed by atoms with van der Waals surface area (Å²) in [6, 6.07) is 14.9. The molecule has 3 aromatic rings. The van der Waals surface area contributed by atoms with E-state index in [2.05, 4.69) is 16.4 Å². The molecule has 0 fully saturated rings. The third-order valence-electron chi connectivity index (χ3n) is 2.87. The summed E-state index contributed by atoms with van der Waals surface area (Å²) >= 11 is 1.27. The van der Waals surface area contributed by atoms with Crippen molar-refractivity contribution >= 4 is 38.5 Å². The molecule has 0 saturated carbocycles. The zero-order chi connectivity index (χ0) is 14.8. The zero-order valence-electron chi connectivity index (χ0n) is 10.8. The molecule has 103 valence electrons. The monoisotopic (exact) mass is 296 g/mol. The summed E-state index contributed by atoms with van der Waals surface area (Å²) in [5, 5.41) is 3.13. The van der Waals surface area contributed by atoms with Crippen LogP contribution in [0.1, 0.15) is 20.7 Å². The first kappa shape index (κ1) is 13.3. The maximum Gasteiger partial charge on any atom is 0.257 e. The highest BCUT2D eigenvalue weighted by Crippen LogP contribution is 2.28. The normalized spacial score (nSPS) is 10.5. The number of hydrogen-bond donors (Lipinski definition) is 2. The maximum absolute atomic E-state index is 12.1. The molecule has 3 N–H and O–H groups in total. The average molecular weight is 296 g/mol. The fraction of sp³-hybridized carbons (Fsp3) is 0. The van der Waals surface area contributed by atoms with E-state index in [0.29, 0.717) is 21.8 Å². The van der Waals surface area contributed by atoms with Gasteiger partial charge in [0.25, 0.3) is 11.8 Å². The van der Waals surface area contributed by atoms with E-state index in [9.17, 15) is 9.59 Å². The van der Waals surface area contributed by atoms with Gasteiger partial charge in [-0.25, -0.2) is 4.98 Å². The summed E-state index contributed by atoms with van der Waals surface area (Å²) in [7, 11) is 0. The lowest BCUT2D eigenvalue weighted by atomic mass is 10.2. The Labute approximate surface area is 124 Å². The van der Waals surface area contributed by atoms with Gasteiger partial charge in [0.05, 0.1) is 15.8 Å². The van der Waals surface area contributed by atoms with Gasteiger partial charge in [0.1, 0.15) is 0 Å². The number of nitrogens with two attached hydrogens (primary N) is 1. The topological polar surface area (TPSA) is 85.1 Å². The molecule has 0 bridgehead atoms. The Morgan fingerprint density at radius 3 is 2.67 bits per heavy atom. The minimum absolute atomic E-state index is 0.251. The summed E-state index contributed by atoms with van der Waals surface area (Å²) in [6.45, 7) is 0. The van der Waals surface area contributed by atoms with Crippen LogP contribution in [0.15, 0.2) is 42.5 Å². The van der Waals surface area contributed by atoms with Crippen molar-refractivity contribution in [2.45, 2.75) is 0 Å². The minimum Gasteiger partial charge on any atom is -0.366 e. The number of nitrogens with zero attached hydrogens (tertiary/aromatic N) is 1. The quantitative estimate of drug-likeness (QED) is 0.778. The van der Waals surface area contributed by atoms with Gasteiger partial charge in [-0.1, -0.05) is 29.5 Å². The van der Waals surface area contributed by atoms with Crippen LogP contribution in [0.4, 0.5) is 5.13 Å². The minimum atomic E-state index is -0.567. The number of rotatable bonds is 3. The van der Waals surface area contributed by atoms with Crippen LogP contribution in [0.5, 0.6) is 0 Å². The summed E-state index contributed by atoms with van der Waals surface area (Å²) in [6.07, 6.45) is 0. The summed E-state index contributed by atoms with van der Waals surface area (Å²) in [5.41, 5.74) is 6.62. The Morgan fingerprint density at radius 1 is 1.19 bits per heavy atom. The first-order valence-corrected chi connectivity index (χ1v) is 6.93. The van der Waals surface area contributed by atoms with E-state index in [1.54, 1.807) is 30.3 Å². The van der Waals surface area contributed by atoms with E-state index < -0.39 is 5.91 Å². The smallest absolute Gasteiger partial charge is 0.257 e. The number of anilines is 1. The van der Waals surface area contributed by atoms with Crippen molar-refractivity contribution in [1.82, 2.24) is 4.98 Å². The van der Waals surface area contributed by atoms with Gasteiger partial charge in [0.15, 0.2) is 5.13 Å². The lowest BCUT2D eigenvalue weighted by molar-refractivity contribution is 0.0999. The standard InChI is InChI=1S/C15H10N3O2S/c16-13(19)10-7-4-8-11-12(10)17-15(21-11)18-14(20)9-5-2-1-3-6-9/h1-3,5-8H,(H2,16,19)(H,17,18,20). The number of nitrogens with one attached hydrogen (secondary N) is 1. The molecule has 0 atom stereocenters. The van der Waals surface area contributed by atoms with Gasteiger partial charge >= 0.3 is 0 Å². The number of amides is 2. The molecule has 2 aromatic carbocycles. The molecule has 1 radical (unpaired) electrons. The molecule has 1 heterocycles. The molecule has 21 heavy (non-hydrogen) atoms. The number of carbonyl (C=O) groups excluding carboxylic acids is 2. The van der Waals surface area contributed by atoms with E-state index in [4.69, 9.17) is 5.73 Å². The SMILES string of the molecule is NC(=O)c1c[c]cc2sc(NC(=O)c3ccccc3)nc12. The summed E-state index contributed by atoms with van der Waals surface area (Å²) in [4.78, 5) is 27.7. The van der Waals surface area contributed by atoms with Crippen molar-refractivity contribution in [3.8, 4) is 0 Å². The van der Waals surface area contributed by atoms with Gasteiger partial charge in [-0.2, -0.15) is 0 Å². The predicted molar refractivity (Wildman–Crippen MR) is 81.4 cm³/mol. The number of aromatic nitrogens is 1. The molecule has 6 heteroatoms. The molecule has 0 saturated heterocycles. The van der Waals surface area contributed by atoms with Crippen LogP contribution >= 0.6 is 11.3 Å². The summed E-state index contributed by atoms with van der Waals surface area (Å²) in [5.74, 6) is -0.817. The maximum atomic E-state index is 12.1. The molecule has 3 rings (SSSR count). The highest BCUT2D eigenvalue weighted by molar-refractivity contribution is 7.22. The second kappa shape index (κ2) is 5.34. The van der Waals surface area contributed by atoms with Crippen LogP contribution in [-0.2, 0) is 0 Å². The molecule has 5 nitrogen and oxygen atoms in total. The number of carbonyl (C=O) groups is 2.